The average molecular weight is 338 g/mol. The van der Waals surface area contributed by atoms with Gasteiger partial charge in [-0.15, -0.1) is 0 Å². The van der Waals surface area contributed by atoms with Gasteiger partial charge in [0.2, 0.25) is 0 Å². The number of nitrogens with one attached hydrogen (secondary N) is 1. The molecule has 1 saturated heterocycles. The molecule has 0 aromatic carbocycles. The summed E-state index contributed by atoms with van der Waals surface area (Å²) in [6.07, 6.45) is 3.45. The minimum absolute atomic E-state index is 0.138. The molecule has 0 spiro atoms. The van der Waals surface area contributed by atoms with Crippen molar-refractivity contribution in [3.63, 3.8) is 0 Å². The minimum Gasteiger partial charge on any atom is -0.465 e. The van der Waals surface area contributed by atoms with E-state index in [0.717, 1.165) is 10.4 Å². The van der Waals surface area contributed by atoms with Crippen LogP contribution in [0.3, 0.4) is 0 Å². The maximum absolute atomic E-state index is 11.3. The third-order valence-electron chi connectivity index (χ3n) is 3.97. The maximum atomic E-state index is 11.3. The Bertz CT molecular complexity index is 552. The molecule has 2 rings (SSSR count). The lowest BCUT2D eigenvalue weighted by molar-refractivity contribution is -0.141. The summed E-state index contributed by atoms with van der Waals surface area (Å²) in [5, 5.41) is 0. The van der Waals surface area contributed by atoms with Crippen LogP contribution in [0, 0.1) is 0 Å². The van der Waals surface area contributed by atoms with E-state index in [1.54, 1.807) is 19.3 Å². The van der Waals surface area contributed by atoms with Gasteiger partial charge in [0, 0.05) is 22.8 Å². The molecule has 0 aliphatic carbocycles. The van der Waals surface area contributed by atoms with Crippen molar-refractivity contribution in [1.82, 2.24) is 9.71 Å². The Morgan fingerprint density at radius 1 is 1.30 bits per heavy atom. The number of pyridine rings is 1. The molecule has 6 nitrogen and oxygen atoms in total. The quantitative estimate of drug-likeness (QED) is 0.479. The van der Waals surface area contributed by atoms with Gasteiger partial charge in [0.25, 0.3) is 0 Å². The minimum atomic E-state index is -0.446. The first-order valence-electron chi connectivity index (χ1n) is 7.61. The number of hydrogen-bond donors (Lipinski definition) is 1. The number of carbonyl (C=O) groups is 1. The molecule has 1 fully saturated rings. The second kappa shape index (κ2) is 7.21. The Morgan fingerprint density at radius 2 is 1.96 bits per heavy atom. The molecular weight excluding hydrogens is 315 g/mol. The van der Waals surface area contributed by atoms with Crippen molar-refractivity contribution in [1.29, 1.82) is 0 Å². The summed E-state index contributed by atoms with van der Waals surface area (Å²) in [5.41, 5.74) is 0.0814. The Hall–Kier alpha value is -1.09. The van der Waals surface area contributed by atoms with Gasteiger partial charge in [-0.3, -0.25) is 9.78 Å². The molecule has 23 heavy (non-hydrogen) atoms. The van der Waals surface area contributed by atoms with Crippen molar-refractivity contribution in [3.05, 3.63) is 18.5 Å². The van der Waals surface area contributed by atoms with Crippen molar-refractivity contribution < 1.29 is 18.8 Å². The van der Waals surface area contributed by atoms with Gasteiger partial charge in [0.1, 0.15) is 6.54 Å². The topological polar surface area (TPSA) is 69.7 Å². The number of esters is 1. The molecule has 1 aliphatic heterocycles. The maximum Gasteiger partial charge on any atom is 0.496 e. The van der Waals surface area contributed by atoms with E-state index in [9.17, 15) is 4.79 Å². The van der Waals surface area contributed by atoms with Crippen molar-refractivity contribution in [2.24, 2.45) is 0 Å². The molecular formula is C15H23BN2O4S. The van der Waals surface area contributed by atoms with E-state index in [4.69, 9.17) is 14.0 Å². The zero-order valence-corrected chi connectivity index (χ0v) is 15.0. The number of hydrogen-bond acceptors (Lipinski definition) is 7. The van der Waals surface area contributed by atoms with Gasteiger partial charge in [0.05, 0.1) is 17.8 Å². The molecule has 1 aliphatic rings. The van der Waals surface area contributed by atoms with E-state index < -0.39 is 7.12 Å². The fourth-order valence-electron chi connectivity index (χ4n) is 1.99. The summed E-state index contributed by atoms with van der Waals surface area (Å²) in [5.74, 6) is -0.282. The fourth-order valence-corrected chi connectivity index (χ4v) is 2.66. The van der Waals surface area contributed by atoms with Crippen LogP contribution in [-0.2, 0) is 18.8 Å². The van der Waals surface area contributed by atoms with Gasteiger partial charge in [0.15, 0.2) is 0 Å². The highest BCUT2D eigenvalue weighted by molar-refractivity contribution is 7.97. The summed E-state index contributed by atoms with van der Waals surface area (Å²) < 4.78 is 19.8. The van der Waals surface area contributed by atoms with Crippen LogP contribution in [0.1, 0.15) is 34.6 Å². The fraction of sp³-hybridized carbons (Fsp3) is 0.600. The molecule has 0 amide bonds. The largest absolute Gasteiger partial charge is 0.496 e. The monoisotopic (exact) mass is 338 g/mol. The summed E-state index contributed by atoms with van der Waals surface area (Å²) >= 11 is 1.32. The molecule has 0 saturated carbocycles. The van der Waals surface area contributed by atoms with Crippen LogP contribution in [0.4, 0.5) is 0 Å². The third kappa shape index (κ3) is 4.47. The Morgan fingerprint density at radius 3 is 2.57 bits per heavy atom. The SMILES string of the molecule is CCOC(=O)CNSc1cncc(B2OC(C)(C)C(C)(C)O2)c1. The van der Waals surface area contributed by atoms with Crippen molar-refractivity contribution in [3.8, 4) is 0 Å². The summed E-state index contributed by atoms with van der Waals surface area (Å²) in [6.45, 7) is 10.4. The molecule has 0 radical (unpaired) electrons. The molecule has 0 unspecified atom stereocenters. The molecule has 126 valence electrons. The number of nitrogens with zero attached hydrogens (tertiary/aromatic N) is 1. The molecule has 2 heterocycles. The average Bonchev–Trinajstić information content (AvgIpc) is 2.68. The van der Waals surface area contributed by atoms with Crippen LogP contribution in [-0.4, -0.2) is 42.4 Å². The molecule has 0 atom stereocenters. The highest BCUT2D eigenvalue weighted by Gasteiger charge is 2.51. The van der Waals surface area contributed by atoms with E-state index in [-0.39, 0.29) is 23.7 Å². The highest BCUT2D eigenvalue weighted by Crippen LogP contribution is 2.36. The van der Waals surface area contributed by atoms with Crippen molar-refractivity contribution >= 4 is 30.5 Å². The van der Waals surface area contributed by atoms with Gasteiger partial charge < -0.3 is 14.0 Å². The van der Waals surface area contributed by atoms with E-state index >= 15 is 0 Å². The van der Waals surface area contributed by atoms with Crippen LogP contribution in [0.5, 0.6) is 0 Å². The number of ether oxygens (including phenoxy) is 1. The second-order valence-corrected chi connectivity index (χ2v) is 7.23. The van der Waals surface area contributed by atoms with E-state index in [2.05, 4.69) is 9.71 Å². The number of rotatable bonds is 6. The first kappa shape index (κ1) is 18.3. The molecule has 8 heteroatoms. The molecule has 1 N–H and O–H groups in total. The summed E-state index contributed by atoms with van der Waals surface area (Å²) in [7, 11) is -0.446. The lowest BCUT2D eigenvalue weighted by Gasteiger charge is -2.32. The van der Waals surface area contributed by atoms with Gasteiger partial charge in [-0.25, -0.2) is 4.72 Å². The van der Waals surface area contributed by atoms with Crippen LogP contribution in [0.2, 0.25) is 0 Å². The zero-order valence-electron chi connectivity index (χ0n) is 14.2. The predicted octanol–water partition coefficient (Wildman–Crippen LogP) is 1.54. The standard InChI is InChI=1S/C15H23BN2O4S/c1-6-20-13(19)10-18-23-12-7-11(8-17-9-12)16-21-14(2,3)15(4,5)22-16/h7-9,18H,6,10H2,1-5H3. The molecule has 1 aromatic rings. The van der Waals surface area contributed by atoms with Crippen LogP contribution < -0.4 is 10.2 Å². The van der Waals surface area contributed by atoms with Crippen molar-refractivity contribution in [2.75, 3.05) is 13.2 Å². The normalized spacial score (nSPS) is 18.9. The second-order valence-electron chi connectivity index (χ2n) is 6.27. The predicted molar refractivity (Wildman–Crippen MR) is 90.4 cm³/mol. The summed E-state index contributed by atoms with van der Waals surface area (Å²) in [6, 6.07) is 1.94. The zero-order chi connectivity index (χ0) is 17.1. The summed E-state index contributed by atoms with van der Waals surface area (Å²) in [4.78, 5) is 16.4. The first-order chi connectivity index (χ1) is 10.7. The van der Waals surface area contributed by atoms with E-state index in [0.29, 0.717) is 6.61 Å². The van der Waals surface area contributed by atoms with E-state index in [1.165, 1.54) is 11.9 Å². The van der Waals surface area contributed by atoms with Gasteiger partial charge in [-0.1, -0.05) is 0 Å². The Kier molecular flexibility index (Phi) is 5.72. The van der Waals surface area contributed by atoms with Crippen LogP contribution in [0.25, 0.3) is 0 Å². The number of aromatic nitrogens is 1. The van der Waals surface area contributed by atoms with Crippen LogP contribution in [0.15, 0.2) is 23.4 Å². The Labute approximate surface area is 141 Å². The van der Waals surface area contributed by atoms with Gasteiger partial charge in [-0.2, -0.15) is 0 Å². The smallest absolute Gasteiger partial charge is 0.465 e. The van der Waals surface area contributed by atoms with Gasteiger partial charge in [-0.05, 0) is 52.6 Å². The lowest BCUT2D eigenvalue weighted by Crippen LogP contribution is -2.41. The van der Waals surface area contributed by atoms with Crippen molar-refractivity contribution in [2.45, 2.75) is 50.7 Å². The Balaban J connectivity index is 1.97. The lowest BCUT2D eigenvalue weighted by atomic mass is 9.80. The van der Waals surface area contributed by atoms with E-state index in [1.807, 2.05) is 33.8 Å². The molecule has 0 bridgehead atoms. The molecule has 1 aromatic heterocycles. The third-order valence-corrected chi connectivity index (χ3v) is 4.72. The van der Waals surface area contributed by atoms with Gasteiger partial charge >= 0.3 is 13.1 Å². The highest BCUT2D eigenvalue weighted by atomic mass is 32.2. The first-order valence-corrected chi connectivity index (χ1v) is 8.43. The van der Waals surface area contributed by atoms with Crippen LogP contribution >= 0.6 is 11.9 Å². The number of carbonyl (C=O) groups excluding carboxylic acids is 1.